The third-order valence-corrected chi connectivity index (χ3v) is 4.81. The number of ether oxygens (including phenoxy) is 1. The standard InChI is InChI=1S/C21H25N3O4/c1-4-14(28-18(25)5-2)12-22-21-15-8-6-7-9-16(15)23-20-13(3)10-11-17(19(20)21)24(26)27/h6-11,14,24,26H,4-5,12H2,1-3H3,(H,22,23). The third-order valence-electron chi connectivity index (χ3n) is 4.81. The molecule has 0 radical (unpaired) electrons. The lowest BCUT2D eigenvalue weighted by molar-refractivity contribution is -0.990. The number of anilines is 1. The second-order valence-corrected chi connectivity index (χ2v) is 6.72. The molecule has 1 heterocycles. The number of para-hydroxylation sites is 1. The van der Waals surface area contributed by atoms with Crippen LogP contribution in [-0.2, 0) is 9.53 Å². The number of fused-ring (bicyclic) bond motifs is 2. The number of carbonyl (C=O) groups excluding carboxylic acids is 1. The Morgan fingerprint density at radius 2 is 2.04 bits per heavy atom. The Labute approximate surface area is 163 Å². The van der Waals surface area contributed by atoms with Crippen LogP contribution in [0.4, 0.5) is 11.4 Å². The van der Waals surface area contributed by atoms with Gasteiger partial charge in [0.2, 0.25) is 0 Å². The van der Waals surface area contributed by atoms with Gasteiger partial charge in [-0.15, -0.1) is 0 Å². The predicted octanol–water partition coefficient (Wildman–Crippen LogP) is 3.24. The minimum Gasteiger partial charge on any atom is -0.595 e. The fourth-order valence-corrected chi connectivity index (χ4v) is 3.25. The zero-order chi connectivity index (χ0) is 20.3. The average molecular weight is 383 g/mol. The summed E-state index contributed by atoms with van der Waals surface area (Å²) in [6, 6.07) is 11.0. The second kappa shape index (κ2) is 8.52. The number of aromatic nitrogens is 1. The van der Waals surface area contributed by atoms with E-state index in [2.05, 4.69) is 5.32 Å². The molecule has 0 amide bonds. The Morgan fingerprint density at radius 1 is 1.29 bits per heavy atom. The molecule has 0 aliphatic carbocycles. The Hall–Kier alpha value is -2.74. The number of hydrogen-bond donors (Lipinski definition) is 3. The van der Waals surface area contributed by atoms with Crippen molar-refractivity contribution in [2.45, 2.75) is 39.7 Å². The molecule has 0 bridgehead atoms. The van der Waals surface area contributed by atoms with E-state index in [9.17, 15) is 15.2 Å². The van der Waals surface area contributed by atoms with Crippen molar-refractivity contribution in [2.75, 3.05) is 11.9 Å². The van der Waals surface area contributed by atoms with Crippen molar-refractivity contribution < 1.29 is 20.0 Å². The molecule has 28 heavy (non-hydrogen) atoms. The van der Waals surface area contributed by atoms with Gasteiger partial charge in [0.05, 0.1) is 28.7 Å². The summed E-state index contributed by atoms with van der Waals surface area (Å²) in [5.74, 6) is -0.250. The lowest BCUT2D eigenvalue weighted by atomic mass is 10.0. The van der Waals surface area contributed by atoms with Crippen LogP contribution in [0, 0.1) is 12.1 Å². The van der Waals surface area contributed by atoms with Crippen molar-refractivity contribution >= 4 is 39.1 Å². The van der Waals surface area contributed by atoms with E-state index in [1.165, 1.54) is 0 Å². The molecule has 0 aliphatic rings. The summed E-state index contributed by atoms with van der Waals surface area (Å²) in [6.45, 7) is 6.01. The van der Waals surface area contributed by atoms with Crippen LogP contribution in [0.25, 0.3) is 21.8 Å². The molecular weight excluding hydrogens is 358 g/mol. The van der Waals surface area contributed by atoms with E-state index in [4.69, 9.17) is 9.72 Å². The van der Waals surface area contributed by atoms with Gasteiger partial charge >= 0.3 is 5.97 Å². The molecule has 2 atom stereocenters. The lowest BCUT2D eigenvalue weighted by Gasteiger charge is -2.21. The summed E-state index contributed by atoms with van der Waals surface area (Å²) in [4.78, 5) is 16.4. The van der Waals surface area contributed by atoms with Gasteiger partial charge in [0.25, 0.3) is 0 Å². The van der Waals surface area contributed by atoms with Gasteiger partial charge in [0.15, 0.2) is 5.69 Å². The third kappa shape index (κ3) is 3.91. The van der Waals surface area contributed by atoms with Crippen LogP contribution in [0.2, 0.25) is 0 Å². The van der Waals surface area contributed by atoms with Crippen molar-refractivity contribution in [1.82, 2.24) is 4.98 Å². The highest BCUT2D eigenvalue weighted by Gasteiger charge is 2.19. The van der Waals surface area contributed by atoms with Gasteiger partial charge in [-0.05, 0) is 25.0 Å². The van der Waals surface area contributed by atoms with Gasteiger partial charge in [-0.3, -0.25) is 4.79 Å². The molecule has 3 aromatic rings. The summed E-state index contributed by atoms with van der Waals surface area (Å²) in [5, 5.41) is 25.3. The van der Waals surface area contributed by atoms with Crippen LogP contribution in [-0.4, -0.2) is 28.8 Å². The average Bonchev–Trinajstić information content (AvgIpc) is 2.70. The fourth-order valence-electron chi connectivity index (χ4n) is 3.25. The normalized spacial score (nSPS) is 13.5. The summed E-state index contributed by atoms with van der Waals surface area (Å²) in [6.07, 6.45) is 0.678. The highest BCUT2D eigenvalue weighted by atomic mass is 16.8. The van der Waals surface area contributed by atoms with Crippen LogP contribution in [0.1, 0.15) is 32.3 Å². The van der Waals surface area contributed by atoms with Gasteiger partial charge in [-0.1, -0.05) is 38.1 Å². The summed E-state index contributed by atoms with van der Waals surface area (Å²) in [7, 11) is 0. The largest absolute Gasteiger partial charge is 0.595 e. The minimum atomic E-state index is -1.01. The molecule has 0 fully saturated rings. The van der Waals surface area contributed by atoms with Crippen molar-refractivity contribution in [3.8, 4) is 0 Å². The van der Waals surface area contributed by atoms with Crippen LogP contribution >= 0.6 is 0 Å². The number of pyridine rings is 1. The van der Waals surface area contributed by atoms with Crippen LogP contribution in [0.5, 0.6) is 0 Å². The Morgan fingerprint density at radius 3 is 2.71 bits per heavy atom. The maximum Gasteiger partial charge on any atom is 0.305 e. The quantitative estimate of drug-likeness (QED) is 0.329. The summed E-state index contributed by atoms with van der Waals surface area (Å²) in [5.41, 5.74) is 3.23. The van der Waals surface area contributed by atoms with Crippen LogP contribution in [0.15, 0.2) is 36.4 Å². The van der Waals surface area contributed by atoms with Crippen molar-refractivity contribution in [2.24, 2.45) is 0 Å². The number of rotatable bonds is 7. The van der Waals surface area contributed by atoms with Gasteiger partial charge in [0, 0.05) is 17.9 Å². The lowest BCUT2D eigenvalue weighted by Crippen LogP contribution is -2.99. The molecule has 3 rings (SSSR count). The monoisotopic (exact) mass is 383 g/mol. The first kappa shape index (κ1) is 20.0. The Kier molecular flexibility index (Phi) is 6.08. The SMILES string of the molecule is CCC(=O)OC(CC)CNc1c2ccccc2nc2c(C)ccc([NH+]([O-])O)c12. The second-order valence-electron chi connectivity index (χ2n) is 6.72. The molecule has 0 spiro atoms. The van der Waals surface area contributed by atoms with Crippen LogP contribution in [0.3, 0.4) is 0 Å². The number of hydrogen-bond acceptors (Lipinski definition) is 6. The molecule has 2 aromatic carbocycles. The fraction of sp³-hybridized carbons (Fsp3) is 0.333. The first-order valence-corrected chi connectivity index (χ1v) is 9.44. The molecule has 0 saturated heterocycles. The molecule has 7 nitrogen and oxygen atoms in total. The molecule has 3 N–H and O–H groups in total. The van der Waals surface area contributed by atoms with Gasteiger partial charge < -0.3 is 15.3 Å². The summed E-state index contributed by atoms with van der Waals surface area (Å²) < 4.78 is 5.46. The highest BCUT2D eigenvalue weighted by molar-refractivity contribution is 6.11. The molecular formula is C21H25N3O4. The maximum absolute atomic E-state index is 11.9. The zero-order valence-corrected chi connectivity index (χ0v) is 16.3. The van der Waals surface area contributed by atoms with E-state index in [0.29, 0.717) is 36.0 Å². The maximum atomic E-state index is 11.9. The number of aryl methyl sites for hydroxylation is 1. The van der Waals surface area contributed by atoms with Crippen molar-refractivity contribution in [3.05, 3.63) is 47.2 Å². The minimum absolute atomic E-state index is 0.194. The van der Waals surface area contributed by atoms with E-state index >= 15 is 0 Å². The first-order chi connectivity index (χ1) is 13.5. The van der Waals surface area contributed by atoms with E-state index in [1.54, 1.807) is 19.1 Å². The molecule has 0 saturated carbocycles. The van der Waals surface area contributed by atoms with E-state index in [0.717, 1.165) is 16.5 Å². The summed E-state index contributed by atoms with van der Waals surface area (Å²) >= 11 is 0. The smallest absolute Gasteiger partial charge is 0.305 e. The van der Waals surface area contributed by atoms with Gasteiger partial charge in [0.1, 0.15) is 6.10 Å². The van der Waals surface area contributed by atoms with E-state index in [1.807, 2.05) is 38.1 Å². The number of esters is 1. The first-order valence-electron chi connectivity index (χ1n) is 9.44. The molecule has 7 heteroatoms. The number of benzene rings is 2. The number of carbonyl (C=O) groups is 1. The van der Waals surface area contributed by atoms with Gasteiger partial charge in [-0.2, -0.15) is 5.23 Å². The predicted molar refractivity (Wildman–Crippen MR) is 109 cm³/mol. The van der Waals surface area contributed by atoms with Crippen molar-refractivity contribution in [3.63, 3.8) is 0 Å². The highest BCUT2D eigenvalue weighted by Crippen LogP contribution is 2.35. The number of quaternary nitrogens is 1. The molecule has 0 aliphatic heterocycles. The molecule has 148 valence electrons. The van der Waals surface area contributed by atoms with Gasteiger partial charge in [-0.25, -0.2) is 10.2 Å². The number of nitrogens with zero attached hydrogens (tertiary/aromatic N) is 1. The van der Waals surface area contributed by atoms with Crippen LogP contribution < -0.4 is 10.5 Å². The number of nitrogens with one attached hydrogen (secondary N) is 2. The molecule has 2 unspecified atom stereocenters. The topological polar surface area (TPSA) is 99.0 Å². The van der Waals surface area contributed by atoms with E-state index < -0.39 is 5.23 Å². The molecule has 1 aromatic heterocycles. The Bertz CT molecular complexity index is 1000. The Balaban J connectivity index is 2.14. The van der Waals surface area contributed by atoms with Crippen molar-refractivity contribution in [1.29, 1.82) is 0 Å². The van der Waals surface area contributed by atoms with E-state index in [-0.39, 0.29) is 17.8 Å². The zero-order valence-electron chi connectivity index (χ0n) is 16.3.